The fourth-order valence-corrected chi connectivity index (χ4v) is 10.3. The second kappa shape index (κ2) is 11.3. The standard InChI is InChI=1S/C54H31N5/c1-2-15-33-32(14-1)28-29-44-51(33)56-54(53(55-44)58-46-25-10-6-19-37(46)38-20-7-11-26-47(38)58)59-48-27-12-8-21-39(48)42-30-49-43(31-50(42)59)41-23-13-22-40-35-17-4-3-16-34(35)36-18-5-9-24-45(36)57(49)52(40)41/h1-31H. The van der Waals surface area contributed by atoms with Gasteiger partial charge in [-0.3, -0.25) is 9.13 Å². The molecule has 1 aliphatic heterocycles. The highest BCUT2D eigenvalue weighted by Gasteiger charge is 2.27. The van der Waals surface area contributed by atoms with Gasteiger partial charge in [-0.2, -0.15) is 0 Å². The molecular weight excluding hydrogens is 719 g/mol. The number of aromatic nitrogens is 5. The van der Waals surface area contributed by atoms with Crippen LogP contribution in [0.1, 0.15) is 0 Å². The molecule has 5 nitrogen and oxygen atoms in total. The molecule has 14 rings (SSSR count). The number of hydrogen-bond acceptors (Lipinski definition) is 2. The Balaban J connectivity index is 1.18. The van der Waals surface area contributed by atoms with E-state index in [0.29, 0.717) is 0 Å². The minimum absolute atomic E-state index is 0.788. The zero-order valence-electron chi connectivity index (χ0n) is 31.6. The highest BCUT2D eigenvalue weighted by atomic mass is 15.2. The second-order valence-corrected chi connectivity index (χ2v) is 15.7. The predicted molar refractivity (Wildman–Crippen MR) is 244 cm³/mol. The van der Waals surface area contributed by atoms with Crippen molar-refractivity contribution in [2.24, 2.45) is 0 Å². The van der Waals surface area contributed by atoms with Crippen LogP contribution in [0.2, 0.25) is 0 Å². The van der Waals surface area contributed by atoms with E-state index in [4.69, 9.17) is 9.97 Å². The molecule has 0 spiro atoms. The van der Waals surface area contributed by atoms with Crippen molar-refractivity contribution in [2.45, 2.75) is 0 Å². The SMILES string of the molecule is c1ccc2c(c1)-c1ccccc1-n1c3cc4c5ccccc5n(-c5nc6c(ccc7ccccc76)nc5-n5c6ccccc6c6ccccc65)c4cc3c3cccc-2c31. The molecule has 1 aliphatic rings. The number of nitrogens with zero attached hydrogens (tertiary/aromatic N) is 5. The van der Waals surface area contributed by atoms with Gasteiger partial charge in [0.1, 0.15) is 0 Å². The third-order valence-electron chi connectivity index (χ3n) is 12.8. The van der Waals surface area contributed by atoms with Gasteiger partial charge >= 0.3 is 0 Å². The van der Waals surface area contributed by atoms with Crippen molar-refractivity contribution in [1.82, 2.24) is 23.7 Å². The fourth-order valence-electron chi connectivity index (χ4n) is 10.3. The van der Waals surface area contributed by atoms with Crippen LogP contribution < -0.4 is 0 Å². The van der Waals surface area contributed by atoms with Gasteiger partial charge in [0.2, 0.25) is 0 Å². The second-order valence-electron chi connectivity index (χ2n) is 15.7. The first kappa shape index (κ1) is 31.1. The van der Waals surface area contributed by atoms with Crippen molar-refractivity contribution in [3.63, 3.8) is 0 Å². The molecule has 59 heavy (non-hydrogen) atoms. The molecule has 0 amide bonds. The summed E-state index contributed by atoms with van der Waals surface area (Å²) in [5.74, 6) is 1.58. The molecular formula is C54H31N5. The third-order valence-corrected chi connectivity index (χ3v) is 12.8. The topological polar surface area (TPSA) is 40.6 Å². The smallest absolute Gasteiger partial charge is 0.182 e. The highest BCUT2D eigenvalue weighted by molar-refractivity contribution is 6.22. The number of fused-ring (bicyclic) bond motifs is 17. The van der Waals surface area contributed by atoms with Crippen LogP contribution in [0.3, 0.4) is 0 Å². The molecule has 0 saturated heterocycles. The number of para-hydroxylation sites is 5. The third kappa shape index (κ3) is 4.03. The molecule has 0 saturated carbocycles. The monoisotopic (exact) mass is 749 g/mol. The Bertz CT molecular complexity index is 3920. The van der Waals surface area contributed by atoms with Crippen molar-refractivity contribution in [3.8, 4) is 39.6 Å². The van der Waals surface area contributed by atoms with Gasteiger partial charge < -0.3 is 4.57 Å². The lowest BCUT2D eigenvalue weighted by molar-refractivity contribution is 0.997. The van der Waals surface area contributed by atoms with Crippen LogP contribution in [0.5, 0.6) is 0 Å². The molecule has 0 radical (unpaired) electrons. The molecule has 0 fully saturated rings. The van der Waals surface area contributed by atoms with Crippen molar-refractivity contribution in [3.05, 3.63) is 188 Å². The molecule has 0 aliphatic carbocycles. The first-order valence-electron chi connectivity index (χ1n) is 20.2. The van der Waals surface area contributed by atoms with Gasteiger partial charge in [-0.05, 0) is 59.0 Å². The molecule has 0 atom stereocenters. The average Bonchev–Trinajstić information content (AvgIpc) is 3.90. The van der Waals surface area contributed by atoms with E-state index in [9.17, 15) is 0 Å². The molecule has 0 bridgehead atoms. The lowest BCUT2D eigenvalue weighted by Crippen LogP contribution is -2.09. The number of rotatable bonds is 2. The maximum absolute atomic E-state index is 5.75. The predicted octanol–water partition coefficient (Wildman–Crippen LogP) is 13.7. The van der Waals surface area contributed by atoms with Gasteiger partial charge in [0, 0.05) is 48.8 Å². The molecule has 4 aromatic heterocycles. The van der Waals surface area contributed by atoms with Crippen molar-refractivity contribution >= 4 is 87.2 Å². The maximum Gasteiger partial charge on any atom is 0.182 e. The van der Waals surface area contributed by atoms with Crippen LogP contribution in [0.25, 0.3) is 127 Å². The van der Waals surface area contributed by atoms with Gasteiger partial charge in [-0.15, -0.1) is 0 Å². The van der Waals surface area contributed by atoms with Gasteiger partial charge in [0.05, 0.1) is 49.8 Å². The van der Waals surface area contributed by atoms with Crippen LogP contribution in [0.4, 0.5) is 0 Å². The van der Waals surface area contributed by atoms with E-state index in [1.54, 1.807) is 0 Å². The van der Waals surface area contributed by atoms with Crippen molar-refractivity contribution in [2.75, 3.05) is 0 Å². The first-order valence-corrected chi connectivity index (χ1v) is 20.2. The van der Waals surface area contributed by atoms with E-state index in [0.717, 1.165) is 55.5 Å². The van der Waals surface area contributed by atoms with Crippen LogP contribution in [-0.2, 0) is 0 Å². The summed E-state index contributed by atoms with van der Waals surface area (Å²) in [4.78, 5) is 11.4. The molecule has 5 heteroatoms. The molecule has 5 heterocycles. The van der Waals surface area contributed by atoms with E-state index in [2.05, 4.69) is 202 Å². The van der Waals surface area contributed by atoms with E-state index in [1.807, 2.05) is 0 Å². The Morgan fingerprint density at radius 2 is 0.797 bits per heavy atom. The zero-order valence-corrected chi connectivity index (χ0v) is 31.6. The van der Waals surface area contributed by atoms with E-state index < -0.39 is 0 Å². The summed E-state index contributed by atoms with van der Waals surface area (Å²) in [6.45, 7) is 0. The van der Waals surface area contributed by atoms with Crippen LogP contribution in [0.15, 0.2) is 188 Å². The summed E-state index contributed by atoms with van der Waals surface area (Å²) >= 11 is 0. The van der Waals surface area contributed by atoms with Crippen molar-refractivity contribution in [1.29, 1.82) is 0 Å². The summed E-state index contributed by atoms with van der Waals surface area (Å²) in [6.07, 6.45) is 0. The summed E-state index contributed by atoms with van der Waals surface area (Å²) in [5, 5.41) is 9.35. The normalized spacial score (nSPS) is 12.4. The minimum Gasteiger partial charge on any atom is -0.308 e. The Hall–Kier alpha value is -8.02. The Labute approximate surface area is 337 Å². The zero-order chi connectivity index (χ0) is 38.3. The molecule has 9 aromatic carbocycles. The summed E-state index contributed by atoms with van der Waals surface area (Å²) in [7, 11) is 0. The summed E-state index contributed by atoms with van der Waals surface area (Å²) in [6, 6.07) is 68.2. The molecule has 13 aromatic rings. The lowest BCUT2D eigenvalue weighted by atomic mass is 9.94. The van der Waals surface area contributed by atoms with Crippen LogP contribution >= 0.6 is 0 Å². The van der Waals surface area contributed by atoms with Crippen LogP contribution in [0, 0.1) is 0 Å². The minimum atomic E-state index is 0.788. The number of hydrogen-bond donors (Lipinski definition) is 0. The van der Waals surface area contributed by atoms with Gasteiger partial charge in [0.15, 0.2) is 11.6 Å². The quantitative estimate of drug-likeness (QED) is 0.165. The average molecular weight is 750 g/mol. The van der Waals surface area contributed by atoms with E-state index in [-0.39, 0.29) is 0 Å². The highest BCUT2D eigenvalue weighted by Crippen LogP contribution is 2.48. The molecule has 0 unspecified atom stereocenters. The Morgan fingerprint density at radius 3 is 1.53 bits per heavy atom. The largest absolute Gasteiger partial charge is 0.308 e. The van der Waals surface area contributed by atoms with Gasteiger partial charge in [-0.1, -0.05) is 146 Å². The fraction of sp³-hybridized carbons (Fsp3) is 0. The molecule has 0 N–H and O–H groups in total. The maximum atomic E-state index is 5.75. The van der Waals surface area contributed by atoms with E-state index >= 15 is 0 Å². The Kier molecular flexibility index (Phi) is 5.96. The number of benzene rings is 9. The van der Waals surface area contributed by atoms with Crippen molar-refractivity contribution < 1.29 is 0 Å². The molecule has 272 valence electrons. The summed E-state index contributed by atoms with van der Waals surface area (Å²) in [5.41, 5.74) is 14.7. The van der Waals surface area contributed by atoms with Gasteiger partial charge in [0.25, 0.3) is 0 Å². The summed E-state index contributed by atoms with van der Waals surface area (Å²) < 4.78 is 7.20. The van der Waals surface area contributed by atoms with Crippen LogP contribution in [-0.4, -0.2) is 23.7 Å². The Morgan fingerprint density at radius 1 is 0.305 bits per heavy atom. The lowest BCUT2D eigenvalue weighted by Gasteiger charge is -2.16. The van der Waals surface area contributed by atoms with E-state index in [1.165, 1.54) is 71.3 Å². The first-order chi connectivity index (χ1) is 29.3. The van der Waals surface area contributed by atoms with Gasteiger partial charge in [-0.25, -0.2) is 9.97 Å².